The Hall–Kier alpha value is 2.34. The van der Waals surface area contributed by atoms with Gasteiger partial charge in [0.2, 0.25) is 0 Å². The van der Waals surface area contributed by atoms with Crippen molar-refractivity contribution in [1.82, 2.24) is 0 Å². The van der Waals surface area contributed by atoms with E-state index in [1.165, 1.54) is 0 Å². The van der Waals surface area contributed by atoms with E-state index >= 15 is 0 Å². The van der Waals surface area contributed by atoms with Crippen LogP contribution >= 0.6 is 7.82 Å². The van der Waals surface area contributed by atoms with Crippen molar-refractivity contribution in [3.05, 3.63) is 0 Å². The van der Waals surface area contributed by atoms with Crippen molar-refractivity contribution in [3.63, 3.8) is 0 Å². The molecule has 0 saturated heterocycles. The van der Waals surface area contributed by atoms with Crippen LogP contribution in [0.1, 0.15) is 0 Å². The minimum Gasteiger partial charge on any atom is 0 e. The van der Waals surface area contributed by atoms with Crippen molar-refractivity contribution in [1.29, 1.82) is 0 Å². The molecule has 0 atom stereocenters. The van der Waals surface area contributed by atoms with Crippen LogP contribution in [-0.2, 0) is 37.3 Å². The molecule has 0 aromatic carbocycles. The zero-order valence-corrected chi connectivity index (χ0v) is 6.51. The second-order valence-electron chi connectivity index (χ2n) is 0.513. The predicted octanol–water partition coefficient (Wildman–Crippen LogP) is -2.76. The molecule has 0 rings (SSSR count). The van der Waals surface area contributed by atoms with Crippen LogP contribution in [0.3, 0.4) is 0 Å². The Morgan fingerprint density at radius 1 is 1.12 bits per heavy atom. The van der Waals surface area contributed by atoms with Crippen LogP contribution in [0.4, 0.5) is 0 Å². The second-order valence-corrected chi connectivity index (χ2v) is 1.54. The van der Waals surface area contributed by atoms with Gasteiger partial charge >= 0.3 is 26.7 Å². The Kier molecular flexibility index (Phi) is 26.2. The molecule has 0 saturated carbocycles. The summed E-state index contributed by atoms with van der Waals surface area (Å²) in [4.78, 5) is 21.6. The Bertz CT molecular complexity index is 62.2. The fraction of sp³-hybridized carbons (Fsp3) is 0. The smallest absolute Gasteiger partial charge is 0 e. The molecule has 0 bridgehead atoms. The predicted molar refractivity (Wildman–Crippen MR) is 31.4 cm³/mol. The first-order chi connectivity index (χ1) is 2.00. The van der Waals surface area contributed by atoms with E-state index in [1.54, 1.807) is 0 Å². The van der Waals surface area contributed by atoms with Crippen LogP contribution < -0.4 is 0 Å². The molecule has 0 heterocycles. The number of hydrogen-bond donors (Lipinski definition) is 3. The van der Waals surface area contributed by atoms with Gasteiger partial charge in [-0.05, 0) is 0 Å². The molecule has 43 valence electrons. The van der Waals surface area contributed by atoms with Gasteiger partial charge in [0.15, 0.2) is 17.4 Å². The van der Waals surface area contributed by atoms with Gasteiger partial charge in [0.05, 0.1) is 0 Å². The quantitative estimate of drug-likeness (QED) is 0.308. The summed E-state index contributed by atoms with van der Waals surface area (Å²) in [5, 5.41) is 0. The van der Waals surface area contributed by atoms with Gasteiger partial charge in [0, 0.05) is 32.7 Å². The maximum Gasteiger partial charge on any atom is 0 e. The van der Waals surface area contributed by atoms with Gasteiger partial charge in [0.1, 0.15) is 0 Å². The molecule has 0 aliphatic heterocycles. The zero-order valence-electron chi connectivity index (χ0n) is 2.77. The summed E-state index contributed by atoms with van der Waals surface area (Å²) < 4.78 is 8.88. The summed E-state index contributed by atoms with van der Waals surface area (Å²) in [5.41, 5.74) is 0. The monoisotopic (exact) mass is 225 g/mol. The molecule has 0 aromatic rings. The molecule has 0 aliphatic carbocycles. The summed E-state index contributed by atoms with van der Waals surface area (Å²) in [6.07, 6.45) is 0. The third-order valence-corrected chi connectivity index (χ3v) is 0. The third-order valence-electron chi connectivity index (χ3n) is 0. The minimum atomic E-state index is -4.64. The number of hydrogen-bond acceptors (Lipinski definition) is 1. The van der Waals surface area contributed by atoms with Crippen molar-refractivity contribution in [2.75, 3.05) is 0 Å². The van der Waals surface area contributed by atoms with Crippen LogP contribution in [0.2, 0.25) is 0 Å². The first-order valence-corrected chi connectivity index (χ1v) is 2.35. The molecule has 0 fully saturated rings. The normalized spacial score (nSPS) is 7.38. The number of phosphoric acid groups is 1. The summed E-state index contributed by atoms with van der Waals surface area (Å²) >= 11 is 0. The molecule has 0 aliphatic rings. The number of rotatable bonds is 0. The maximum atomic E-state index is 8.88. The van der Waals surface area contributed by atoms with Gasteiger partial charge in [-0.15, -0.1) is 0 Å². The van der Waals surface area contributed by atoms with Crippen LogP contribution in [0.5, 0.6) is 0 Å². The van der Waals surface area contributed by atoms with Gasteiger partial charge in [-0.1, -0.05) is 0 Å². The van der Waals surface area contributed by atoms with Crippen LogP contribution in [-0.4, -0.2) is 50.9 Å². The van der Waals surface area contributed by atoms with Gasteiger partial charge in [-0.25, -0.2) is 4.57 Å². The van der Waals surface area contributed by atoms with Gasteiger partial charge in [0.25, 0.3) is 0 Å². The van der Waals surface area contributed by atoms with Crippen molar-refractivity contribution < 1.29 is 52.0 Å². The molecule has 4 nitrogen and oxygen atoms in total. The van der Waals surface area contributed by atoms with E-state index in [4.69, 9.17) is 19.2 Å². The van der Waals surface area contributed by atoms with Crippen molar-refractivity contribution in [3.8, 4) is 0 Å². The Labute approximate surface area is 94.9 Å². The molecular weight excluding hydrogens is 218 g/mol. The first-order valence-electron chi connectivity index (χ1n) is 0.783. The van der Waals surface area contributed by atoms with Crippen LogP contribution in [0.15, 0.2) is 0 Å². The van der Waals surface area contributed by atoms with Crippen molar-refractivity contribution >= 4 is 44.0 Å². The average Bonchev–Trinajstić information content (AvgIpc) is 0.722. The van der Waals surface area contributed by atoms with Crippen molar-refractivity contribution in [2.24, 2.45) is 0 Å². The summed E-state index contributed by atoms with van der Waals surface area (Å²) in [5.74, 6) is 0. The minimum absolute atomic E-state index is 0. The summed E-state index contributed by atoms with van der Waals surface area (Å²) in [6, 6.07) is 0. The fourth-order valence-electron chi connectivity index (χ4n) is 0. The van der Waals surface area contributed by atoms with E-state index in [-0.39, 0.29) is 68.9 Å². The largest absolute Gasteiger partial charge is 0 e. The van der Waals surface area contributed by atoms with E-state index < -0.39 is 7.82 Å². The van der Waals surface area contributed by atoms with E-state index in [0.717, 1.165) is 0 Å². The Morgan fingerprint density at radius 2 is 1.12 bits per heavy atom. The van der Waals surface area contributed by atoms with Gasteiger partial charge in [-0.2, -0.15) is 0 Å². The van der Waals surface area contributed by atoms with Crippen LogP contribution in [0.25, 0.3) is 0 Å². The summed E-state index contributed by atoms with van der Waals surface area (Å²) in [6.45, 7) is 0. The average molecular weight is 225 g/mol. The van der Waals surface area contributed by atoms with E-state index in [2.05, 4.69) is 0 Å². The molecule has 8 heteroatoms. The first kappa shape index (κ1) is 22.4. The molecule has 0 unspecified atom stereocenters. The van der Waals surface area contributed by atoms with E-state index in [0.29, 0.717) is 0 Å². The molecule has 1 radical (unpaired) electrons. The van der Waals surface area contributed by atoms with Crippen LogP contribution in [0, 0.1) is 0 Å². The molecule has 0 amide bonds. The maximum absolute atomic E-state index is 8.88. The fourth-order valence-corrected chi connectivity index (χ4v) is 0. The second kappa shape index (κ2) is 9.34. The molecule has 0 aromatic heterocycles. The molecular formula is H7AlLiO4PY. The zero-order chi connectivity index (χ0) is 4.50. The van der Waals surface area contributed by atoms with Gasteiger partial charge < -0.3 is 14.7 Å². The molecule has 8 heavy (non-hydrogen) atoms. The molecule has 0 spiro atoms. The van der Waals surface area contributed by atoms with Gasteiger partial charge in [-0.3, -0.25) is 0 Å². The van der Waals surface area contributed by atoms with E-state index in [1.807, 2.05) is 0 Å². The van der Waals surface area contributed by atoms with E-state index in [9.17, 15) is 0 Å². The Morgan fingerprint density at radius 3 is 1.12 bits per heavy atom. The van der Waals surface area contributed by atoms with Crippen molar-refractivity contribution in [2.45, 2.75) is 0 Å². The Balaban J connectivity index is -0.0000000267. The standard InChI is InChI=1S/Al.Li.H3O4P.Y.4H/c;;1-5(2,3)4;;;;;/h;;(H3,1,2,3,4);;;;;. The molecule has 3 N–H and O–H groups in total. The topological polar surface area (TPSA) is 77.8 Å². The third kappa shape index (κ3) is 81.9. The summed E-state index contributed by atoms with van der Waals surface area (Å²) in [7, 11) is -4.64. The SMILES string of the molecule is O=P(O)(O)O.[AlH3].[LiH].[Y].